The minimum absolute atomic E-state index is 0.0934. The Balaban J connectivity index is 1.77. The lowest BCUT2D eigenvalue weighted by molar-refractivity contribution is -0.119. The Morgan fingerprint density at radius 3 is 2.68 bits per heavy atom. The van der Waals surface area contributed by atoms with Gasteiger partial charge < -0.3 is 15.1 Å². The summed E-state index contributed by atoms with van der Waals surface area (Å²) in [4.78, 5) is 16.1. The van der Waals surface area contributed by atoms with Crippen molar-refractivity contribution in [2.45, 2.75) is 26.7 Å². The van der Waals surface area contributed by atoms with Gasteiger partial charge in [-0.1, -0.05) is 24.6 Å². The molecule has 0 aliphatic carbocycles. The molecule has 0 saturated carbocycles. The average Bonchev–Trinajstić information content (AvgIpc) is 2.98. The molecule has 0 aliphatic rings. The number of amides is 1. The van der Waals surface area contributed by atoms with E-state index in [1.165, 1.54) is 5.56 Å². The molecule has 3 rings (SSSR count). The number of carbonyl (C=O) groups is 1. The highest BCUT2D eigenvalue weighted by Gasteiger charge is 2.10. The number of nitrogens with zero attached hydrogens (tertiary/aromatic N) is 1. The van der Waals surface area contributed by atoms with Crippen LogP contribution in [0.4, 0.5) is 5.69 Å². The predicted octanol–water partition coefficient (Wildman–Crippen LogP) is 4.42. The first-order valence-corrected chi connectivity index (χ1v) is 8.54. The van der Waals surface area contributed by atoms with Crippen molar-refractivity contribution in [1.82, 2.24) is 10.3 Å². The summed E-state index contributed by atoms with van der Waals surface area (Å²) in [5.41, 5.74) is 4.28. The van der Waals surface area contributed by atoms with Gasteiger partial charge in [0.15, 0.2) is 10.7 Å². The van der Waals surface area contributed by atoms with Gasteiger partial charge in [-0.05, 0) is 55.9 Å². The number of hydrogen-bond acceptors (Lipinski definition) is 4. The van der Waals surface area contributed by atoms with Gasteiger partial charge >= 0.3 is 0 Å². The number of oxazole rings is 1. The Morgan fingerprint density at radius 2 is 1.96 bits per heavy atom. The molecule has 0 fully saturated rings. The highest BCUT2D eigenvalue weighted by atomic mass is 32.1. The zero-order valence-corrected chi connectivity index (χ0v) is 14.9. The molecular formula is C19H19N3O2S. The van der Waals surface area contributed by atoms with Crippen molar-refractivity contribution < 1.29 is 9.21 Å². The molecule has 0 saturated heterocycles. The van der Waals surface area contributed by atoms with Gasteiger partial charge in [0.1, 0.15) is 5.52 Å². The van der Waals surface area contributed by atoms with Crippen molar-refractivity contribution in [2.75, 3.05) is 5.32 Å². The summed E-state index contributed by atoms with van der Waals surface area (Å²) in [7, 11) is 0. The lowest BCUT2D eigenvalue weighted by Crippen LogP contribution is -2.33. The minimum atomic E-state index is -0.0934. The molecule has 25 heavy (non-hydrogen) atoms. The Labute approximate surface area is 151 Å². The summed E-state index contributed by atoms with van der Waals surface area (Å²) in [6.07, 6.45) is 1.23. The van der Waals surface area contributed by atoms with E-state index in [1.807, 2.05) is 56.3 Å². The van der Waals surface area contributed by atoms with Crippen molar-refractivity contribution in [2.24, 2.45) is 0 Å². The van der Waals surface area contributed by atoms with Crippen LogP contribution in [0.15, 0.2) is 46.9 Å². The summed E-state index contributed by atoms with van der Waals surface area (Å²) in [6, 6.07) is 13.5. The summed E-state index contributed by atoms with van der Waals surface area (Å²) in [6.45, 7) is 3.98. The van der Waals surface area contributed by atoms with Crippen LogP contribution in [-0.4, -0.2) is 16.0 Å². The SMILES string of the molecule is CCCC(=O)NC(=S)Nc1ccc2oc(-c3ccc(C)cc3)nc2c1. The molecule has 128 valence electrons. The standard InChI is InChI=1S/C19H19N3O2S/c1-3-4-17(23)22-19(25)20-14-9-10-16-15(11-14)21-18(24-16)13-7-5-12(2)6-8-13/h5-11H,3-4H2,1-2H3,(H2,20,22,23,25). The molecule has 6 heteroatoms. The number of fused-ring (bicyclic) bond motifs is 1. The molecule has 0 bridgehead atoms. The molecular weight excluding hydrogens is 334 g/mol. The average molecular weight is 353 g/mol. The number of hydrogen-bond donors (Lipinski definition) is 2. The molecule has 1 aromatic heterocycles. The smallest absolute Gasteiger partial charge is 0.227 e. The Bertz CT molecular complexity index is 916. The molecule has 0 unspecified atom stereocenters. The van der Waals surface area contributed by atoms with Crippen LogP contribution in [0.25, 0.3) is 22.6 Å². The number of carbonyl (C=O) groups excluding carboxylic acids is 1. The maximum absolute atomic E-state index is 11.6. The molecule has 1 amide bonds. The number of anilines is 1. The minimum Gasteiger partial charge on any atom is -0.436 e. The quantitative estimate of drug-likeness (QED) is 0.680. The molecule has 0 spiro atoms. The normalized spacial score (nSPS) is 10.6. The first-order valence-electron chi connectivity index (χ1n) is 8.13. The van der Waals surface area contributed by atoms with Gasteiger partial charge in [-0.15, -0.1) is 0 Å². The van der Waals surface area contributed by atoms with Crippen molar-refractivity contribution in [3.05, 3.63) is 48.0 Å². The molecule has 3 aromatic rings. The zero-order chi connectivity index (χ0) is 17.8. The number of nitrogens with one attached hydrogen (secondary N) is 2. The third-order valence-corrected chi connectivity index (χ3v) is 3.88. The van der Waals surface area contributed by atoms with E-state index in [2.05, 4.69) is 15.6 Å². The van der Waals surface area contributed by atoms with Crippen molar-refractivity contribution >= 4 is 40.0 Å². The van der Waals surface area contributed by atoms with Crippen LogP contribution in [0.1, 0.15) is 25.3 Å². The third kappa shape index (κ3) is 4.22. The number of rotatable bonds is 4. The lowest BCUT2D eigenvalue weighted by atomic mass is 10.1. The second-order valence-electron chi connectivity index (χ2n) is 5.82. The molecule has 0 atom stereocenters. The molecule has 5 nitrogen and oxygen atoms in total. The van der Waals surface area contributed by atoms with Crippen LogP contribution in [0.3, 0.4) is 0 Å². The highest BCUT2D eigenvalue weighted by molar-refractivity contribution is 7.80. The van der Waals surface area contributed by atoms with E-state index >= 15 is 0 Å². The molecule has 0 aliphatic heterocycles. The summed E-state index contributed by atoms with van der Waals surface area (Å²) >= 11 is 5.16. The van der Waals surface area contributed by atoms with E-state index in [9.17, 15) is 4.79 Å². The van der Waals surface area contributed by atoms with Gasteiger partial charge in [-0.2, -0.15) is 0 Å². The van der Waals surface area contributed by atoms with Crippen molar-refractivity contribution in [3.63, 3.8) is 0 Å². The Kier molecular flexibility index (Phi) is 5.09. The van der Waals surface area contributed by atoms with Crippen LogP contribution < -0.4 is 10.6 Å². The maximum Gasteiger partial charge on any atom is 0.227 e. The largest absolute Gasteiger partial charge is 0.436 e. The predicted molar refractivity (Wildman–Crippen MR) is 103 cm³/mol. The van der Waals surface area contributed by atoms with Gasteiger partial charge in [0.2, 0.25) is 11.8 Å². The van der Waals surface area contributed by atoms with E-state index < -0.39 is 0 Å². The summed E-state index contributed by atoms with van der Waals surface area (Å²) in [5.74, 6) is 0.482. The fraction of sp³-hybridized carbons (Fsp3) is 0.211. The Morgan fingerprint density at radius 1 is 1.20 bits per heavy atom. The van der Waals surface area contributed by atoms with Crippen LogP contribution in [0.5, 0.6) is 0 Å². The second kappa shape index (κ2) is 7.44. The fourth-order valence-electron chi connectivity index (χ4n) is 2.40. The van der Waals surface area contributed by atoms with E-state index in [0.717, 1.165) is 23.2 Å². The Hall–Kier alpha value is -2.73. The van der Waals surface area contributed by atoms with E-state index in [-0.39, 0.29) is 11.0 Å². The van der Waals surface area contributed by atoms with E-state index in [4.69, 9.17) is 16.6 Å². The molecule has 2 N–H and O–H groups in total. The lowest BCUT2D eigenvalue weighted by Gasteiger charge is -2.08. The fourth-order valence-corrected chi connectivity index (χ4v) is 2.64. The number of aromatic nitrogens is 1. The highest BCUT2D eigenvalue weighted by Crippen LogP contribution is 2.26. The topological polar surface area (TPSA) is 67.2 Å². The van der Waals surface area contributed by atoms with Crippen LogP contribution in [0, 0.1) is 6.92 Å². The van der Waals surface area contributed by atoms with Crippen LogP contribution in [-0.2, 0) is 4.79 Å². The first kappa shape index (κ1) is 17.1. The monoisotopic (exact) mass is 353 g/mol. The van der Waals surface area contributed by atoms with E-state index in [0.29, 0.717) is 17.9 Å². The van der Waals surface area contributed by atoms with Gasteiger partial charge in [-0.25, -0.2) is 4.98 Å². The van der Waals surface area contributed by atoms with Crippen molar-refractivity contribution in [3.8, 4) is 11.5 Å². The van der Waals surface area contributed by atoms with Gasteiger partial charge in [0, 0.05) is 17.7 Å². The molecule has 1 heterocycles. The number of thiocarbonyl (C=S) groups is 1. The third-order valence-electron chi connectivity index (χ3n) is 3.67. The van der Waals surface area contributed by atoms with E-state index in [1.54, 1.807) is 0 Å². The number of aryl methyl sites for hydroxylation is 1. The number of benzene rings is 2. The van der Waals surface area contributed by atoms with Crippen molar-refractivity contribution in [1.29, 1.82) is 0 Å². The zero-order valence-electron chi connectivity index (χ0n) is 14.1. The van der Waals surface area contributed by atoms with Crippen LogP contribution >= 0.6 is 12.2 Å². The summed E-state index contributed by atoms with van der Waals surface area (Å²) in [5, 5.41) is 5.93. The second-order valence-corrected chi connectivity index (χ2v) is 6.23. The molecule has 0 radical (unpaired) electrons. The summed E-state index contributed by atoms with van der Waals surface area (Å²) < 4.78 is 5.81. The molecule has 2 aromatic carbocycles. The van der Waals surface area contributed by atoms with Crippen LogP contribution in [0.2, 0.25) is 0 Å². The first-order chi connectivity index (χ1) is 12.0. The van der Waals surface area contributed by atoms with Gasteiger partial charge in [-0.3, -0.25) is 4.79 Å². The van der Waals surface area contributed by atoms with Gasteiger partial charge in [0.05, 0.1) is 0 Å². The maximum atomic E-state index is 11.6. The van der Waals surface area contributed by atoms with Gasteiger partial charge in [0.25, 0.3) is 0 Å².